The summed E-state index contributed by atoms with van der Waals surface area (Å²) in [5.41, 5.74) is 5.13. The highest BCUT2D eigenvalue weighted by Crippen LogP contribution is 2.42. The molecule has 0 radical (unpaired) electrons. The Labute approximate surface area is 227 Å². The van der Waals surface area contributed by atoms with Gasteiger partial charge in [-0.3, -0.25) is 9.97 Å². The minimum Gasteiger partial charge on any atom is -0.457 e. The van der Waals surface area contributed by atoms with Crippen molar-refractivity contribution in [2.24, 2.45) is 0 Å². The summed E-state index contributed by atoms with van der Waals surface area (Å²) in [5, 5.41) is 4.20. The number of nitrogens with zero attached hydrogens (tertiary/aromatic N) is 4. The lowest BCUT2D eigenvalue weighted by atomic mass is 10.0. The maximum Gasteiger partial charge on any atom is 0.174 e. The van der Waals surface area contributed by atoms with E-state index in [1.807, 2.05) is 92.1 Å². The van der Waals surface area contributed by atoms with E-state index >= 15 is 0 Å². The maximum atomic E-state index is 6.14. The molecule has 1 N–H and O–H groups in total. The fraction of sp³-hybridized carbons (Fsp3) is 0.129. The number of pyridine rings is 2. The van der Waals surface area contributed by atoms with Crippen LogP contribution in [0.15, 0.2) is 116 Å². The van der Waals surface area contributed by atoms with Gasteiger partial charge in [0.15, 0.2) is 5.11 Å². The van der Waals surface area contributed by atoms with Crippen molar-refractivity contribution in [1.29, 1.82) is 0 Å². The van der Waals surface area contributed by atoms with Gasteiger partial charge >= 0.3 is 0 Å². The minimum atomic E-state index is -0.121. The van der Waals surface area contributed by atoms with E-state index in [1.54, 1.807) is 0 Å². The van der Waals surface area contributed by atoms with Crippen molar-refractivity contribution in [2.75, 3.05) is 4.90 Å². The topological polar surface area (TPSA) is 55.2 Å². The molecular weight excluding hydrogens is 490 g/mol. The summed E-state index contributed by atoms with van der Waals surface area (Å²) < 4.78 is 8.38. The average Bonchev–Trinajstić information content (AvgIpc) is 3.55. The molecule has 6 rings (SSSR count). The van der Waals surface area contributed by atoms with E-state index in [0.717, 1.165) is 39.8 Å². The normalized spacial score (nSPS) is 16.9. The number of aromatic nitrogens is 3. The third-order valence-electron chi connectivity index (χ3n) is 6.76. The Balaban J connectivity index is 1.36. The Bertz CT molecular complexity index is 1540. The van der Waals surface area contributed by atoms with E-state index in [4.69, 9.17) is 17.0 Å². The third kappa shape index (κ3) is 4.76. The Morgan fingerprint density at radius 2 is 1.61 bits per heavy atom. The van der Waals surface area contributed by atoms with Gasteiger partial charge in [-0.15, -0.1) is 0 Å². The maximum absolute atomic E-state index is 6.14. The zero-order valence-corrected chi connectivity index (χ0v) is 21.8. The molecule has 0 bridgehead atoms. The number of rotatable bonds is 7. The molecule has 3 aromatic heterocycles. The molecular formula is C31H27N5OS. The molecule has 1 aliphatic rings. The average molecular weight is 518 g/mol. The molecule has 6 nitrogen and oxygen atoms in total. The van der Waals surface area contributed by atoms with Crippen LogP contribution in [0.2, 0.25) is 0 Å². The number of thiocarbonyl (C=S) groups is 1. The molecule has 2 atom stereocenters. The van der Waals surface area contributed by atoms with E-state index in [0.29, 0.717) is 11.7 Å². The van der Waals surface area contributed by atoms with Gasteiger partial charge in [-0.1, -0.05) is 30.3 Å². The first-order valence-corrected chi connectivity index (χ1v) is 13.0. The summed E-state index contributed by atoms with van der Waals surface area (Å²) in [5.74, 6) is 1.62. The fourth-order valence-corrected chi connectivity index (χ4v) is 5.26. The largest absolute Gasteiger partial charge is 0.457 e. The number of aryl methyl sites for hydroxylation is 1. The van der Waals surface area contributed by atoms with Gasteiger partial charge < -0.3 is 19.5 Å². The molecule has 0 aliphatic carbocycles. The monoisotopic (exact) mass is 517 g/mol. The summed E-state index contributed by atoms with van der Waals surface area (Å²) in [4.78, 5) is 11.4. The van der Waals surface area contributed by atoms with Crippen molar-refractivity contribution in [3.8, 4) is 11.5 Å². The predicted octanol–water partition coefficient (Wildman–Crippen LogP) is 6.60. The highest BCUT2D eigenvalue weighted by molar-refractivity contribution is 7.80. The lowest BCUT2D eigenvalue weighted by molar-refractivity contribution is 0.479. The van der Waals surface area contributed by atoms with E-state index in [-0.39, 0.29) is 12.1 Å². The second-order valence-corrected chi connectivity index (χ2v) is 9.63. The van der Waals surface area contributed by atoms with Gasteiger partial charge in [0.1, 0.15) is 17.5 Å². The van der Waals surface area contributed by atoms with Crippen LogP contribution in [0.5, 0.6) is 11.5 Å². The molecule has 2 unspecified atom stereocenters. The van der Waals surface area contributed by atoms with Crippen LogP contribution >= 0.6 is 12.2 Å². The Kier molecular flexibility index (Phi) is 6.58. The number of ether oxygens (including phenoxy) is 1. The van der Waals surface area contributed by atoms with Crippen LogP contribution in [-0.2, 0) is 6.54 Å². The second-order valence-electron chi connectivity index (χ2n) is 9.24. The van der Waals surface area contributed by atoms with E-state index in [9.17, 15) is 0 Å². The second kappa shape index (κ2) is 10.5. The van der Waals surface area contributed by atoms with Crippen molar-refractivity contribution in [1.82, 2.24) is 19.9 Å². The number of benzene rings is 2. The van der Waals surface area contributed by atoms with Crippen molar-refractivity contribution < 1.29 is 4.74 Å². The van der Waals surface area contributed by atoms with Crippen molar-refractivity contribution in [2.45, 2.75) is 25.6 Å². The van der Waals surface area contributed by atoms with E-state index < -0.39 is 0 Å². The zero-order chi connectivity index (χ0) is 25.9. The minimum absolute atomic E-state index is 0.112. The Hall–Kier alpha value is -4.49. The van der Waals surface area contributed by atoms with Gasteiger partial charge in [0.25, 0.3) is 0 Å². The molecule has 1 fully saturated rings. The van der Waals surface area contributed by atoms with Crippen LogP contribution in [0.1, 0.15) is 34.7 Å². The van der Waals surface area contributed by atoms with Crippen LogP contribution in [0, 0.1) is 6.92 Å². The molecule has 0 spiro atoms. The van der Waals surface area contributed by atoms with E-state index in [2.05, 4.69) is 55.2 Å². The van der Waals surface area contributed by atoms with Crippen molar-refractivity contribution in [3.63, 3.8) is 0 Å². The third-order valence-corrected chi connectivity index (χ3v) is 7.08. The molecule has 0 amide bonds. The molecule has 1 aliphatic heterocycles. The number of hydrogen-bond donors (Lipinski definition) is 1. The Morgan fingerprint density at radius 3 is 2.34 bits per heavy atom. The van der Waals surface area contributed by atoms with E-state index in [1.165, 1.54) is 0 Å². The smallest absolute Gasteiger partial charge is 0.174 e. The number of nitrogens with one attached hydrogen (secondary N) is 1. The van der Waals surface area contributed by atoms with Crippen LogP contribution in [-0.4, -0.2) is 19.6 Å². The highest BCUT2D eigenvalue weighted by Gasteiger charge is 2.42. The molecule has 38 heavy (non-hydrogen) atoms. The molecule has 7 heteroatoms. The summed E-state index contributed by atoms with van der Waals surface area (Å²) in [6.07, 6.45) is 5.75. The first-order chi connectivity index (χ1) is 18.7. The first kappa shape index (κ1) is 23.9. The van der Waals surface area contributed by atoms with Gasteiger partial charge in [-0.25, -0.2) is 0 Å². The molecule has 188 valence electrons. The summed E-state index contributed by atoms with van der Waals surface area (Å²) in [7, 11) is 0. The molecule has 1 saturated heterocycles. The number of anilines is 1. The van der Waals surface area contributed by atoms with Gasteiger partial charge in [-0.2, -0.15) is 0 Å². The van der Waals surface area contributed by atoms with Gasteiger partial charge in [0.05, 0.1) is 24.0 Å². The van der Waals surface area contributed by atoms with Crippen molar-refractivity contribution >= 4 is 23.0 Å². The number of hydrogen-bond acceptors (Lipinski definition) is 4. The van der Waals surface area contributed by atoms with Gasteiger partial charge in [-0.05, 0) is 91.4 Å². The SMILES string of the molecule is Cc1ccccc1Oc1ccc(N2C(=S)NC(c3ccccn3)C2c2cccn2Cc2ccccn2)cc1. The zero-order valence-electron chi connectivity index (χ0n) is 20.9. The quantitative estimate of drug-likeness (QED) is 0.245. The lowest BCUT2D eigenvalue weighted by Gasteiger charge is -2.29. The number of para-hydroxylation sites is 1. The lowest BCUT2D eigenvalue weighted by Crippen LogP contribution is -2.30. The summed E-state index contributed by atoms with van der Waals surface area (Å²) in [6.45, 7) is 2.71. The summed E-state index contributed by atoms with van der Waals surface area (Å²) in [6, 6.07) is 32.1. The van der Waals surface area contributed by atoms with Crippen LogP contribution in [0.4, 0.5) is 5.69 Å². The first-order valence-electron chi connectivity index (χ1n) is 12.6. The molecule has 2 aromatic carbocycles. The molecule has 0 saturated carbocycles. The highest BCUT2D eigenvalue weighted by atomic mass is 32.1. The van der Waals surface area contributed by atoms with Crippen LogP contribution < -0.4 is 15.0 Å². The molecule has 5 aromatic rings. The standard InChI is InChI=1S/C31H27N5OS/c1-22-9-2-3-13-28(22)37-25-16-14-24(15-17-25)36-30(29(34-31(36)38)26-11-5-7-19-33-26)27-12-8-20-35(27)21-23-10-4-6-18-32-23/h2-20,29-30H,21H2,1H3,(H,34,38). The fourth-order valence-electron chi connectivity index (χ4n) is 4.91. The van der Waals surface area contributed by atoms with Crippen LogP contribution in [0.3, 0.4) is 0 Å². The van der Waals surface area contributed by atoms with Crippen molar-refractivity contribution in [3.05, 3.63) is 138 Å². The predicted molar refractivity (Wildman–Crippen MR) is 153 cm³/mol. The summed E-state index contributed by atoms with van der Waals surface area (Å²) >= 11 is 5.91. The van der Waals surface area contributed by atoms with Crippen LogP contribution in [0.25, 0.3) is 0 Å². The molecule has 4 heterocycles. The van der Waals surface area contributed by atoms with Gasteiger partial charge in [0, 0.05) is 30.0 Å². The Morgan fingerprint density at radius 1 is 0.842 bits per heavy atom. The van der Waals surface area contributed by atoms with Gasteiger partial charge in [0.2, 0.25) is 0 Å².